The summed E-state index contributed by atoms with van der Waals surface area (Å²) in [5.41, 5.74) is 0. The van der Waals surface area contributed by atoms with Crippen molar-refractivity contribution in [3.05, 3.63) is 0 Å². The van der Waals surface area contributed by atoms with Crippen LogP contribution >= 0.6 is 0 Å². The summed E-state index contributed by atoms with van der Waals surface area (Å²) in [5.74, 6) is -0.525. The van der Waals surface area contributed by atoms with Crippen molar-refractivity contribution in [3.63, 3.8) is 0 Å². The Morgan fingerprint density at radius 2 is 1.59 bits per heavy atom. The Balaban J connectivity index is 1.23. The zero-order valence-corrected chi connectivity index (χ0v) is 20.1. The topological polar surface area (TPSA) is 96.1 Å². The van der Waals surface area contributed by atoms with Gasteiger partial charge >= 0.3 is 11.9 Å². The predicted octanol–water partition coefficient (Wildman–Crippen LogP) is 3.04. The number of fused-ring (bicyclic) bond motifs is 1. The van der Waals surface area contributed by atoms with Crippen molar-refractivity contribution in [3.8, 4) is 0 Å². The van der Waals surface area contributed by atoms with Crippen LogP contribution in [-0.2, 0) is 38.0 Å². The van der Waals surface area contributed by atoms with Gasteiger partial charge in [0.05, 0.1) is 61.7 Å². The van der Waals surface area contributed by atoms with E-state index in [9.17, 15) is 9.59 Å². The first kappa shape index (κ1) is 25.4. The average Bonchev–Trinajstić information content (AvgIpc) is 3.68. The van der Waals surface area contributed by atoms with Gasteiger partial charge in [0.15, 0.2) is 0 Å². The van der Waals surface area contributed by atoms with Crippen molar-refractivity contribution < 1.29 is 38.0 Å². The molecule has 2 aliphatic heterocycles. The molecule has 0 aromatic rings. The highest BCUT2D eigenvalue weighted by Crippen LogP contribution is 2.39. The number of esters is 2. The third kappa shape index (κ3) is 7.97. The van der Waals surface area contributed by atoms with Crippen molar-refractivity contribution in [1.82, 2.24) is 0 Å². The number of carbonyl (C=O) groups excluding carboxylic acids is 2. The van der Waals surface area contributed by atoms with Gasteiger partial charge in [-0.2, -0.15) is 0 Å². The summed E-state index contributed by atoms with van der Waals surface area (Å²) < 4.78 is 33.4. The standard InChI is InChI=1S/C24H40O8/c1-6-18(9-21-17(5)31-21)24(26)30-16(4)13-28-14(2)11-27-15(3)12-29-23(25)19-7-8-20-22(10-19)32-20/h14-22H,6-13H2,1-5H3. The first-order chi connectivity index (χ1) is 15.3. The molecule has 8 heteroatoms. The molecule has 0 spiro atoms. The quantitative estimate of drug-likeness (QED) is 0.291. The van der Waals surface area contributed by atoms with Gasteiger partial charge < -0.3 is 28.4 Å². The van der Waals surface area contributed by atoms with E-state index in [1.54, 1.807) is 0 Å². The second-order valence-electron chi connectivity index (χ2n) is 9.61. The second-order valence-corrected chi connectivity index (χ2v) is 9.61. The van der Waals surface area contributed by atoms with Crippen molar-refractivity contribution in [2.45, 2.75) is 109 Å². The van der Waals surface area contributed by atoms with Gasteiger partial charge in [-0.15, -0.1) is 0 Å². The molecular formula is C24H40O8. The minimum absolute atomic E-state index is 0.0510. The Morgan fingerprint density at radius 1 is 0.938 bits per heavy atom. The van der Waals surface area contributed by atoms with Crippen LogP contribution in [0.3, 0.4) is 0 Å². The summed E-state index contributed by atoms with van der Waals surface area (Å²) in [6.45, 7) is 10.5. The first-order valence-electron chi connectivity index (χ1n) is 12.2. The van der Waals surface area contributed by atoms with E-state index in [2.05, 4.69) is 0 Å². The van der Waals surface area contributed by atoms with E-state index in [0.29, 0.717) is 25.7 Å². The third-order valence-electron chi connectivity index (χ3n) is 6.53. The fourth-order valence-electron chi connectivity index (χ4n) is 4.15. The molecule has 3 rings (SSSR count). The predicted molar refractivity (Wildman–Crippen MR) is 116 cm³/mol. The molecule has 0 aromatic carbocycles. The van der Waals surface area contributed by atoms with E-state index in [0.717, 1.165) is 25.7 Å². The minimum atomic E-state index is -0.333. The Labute approximate surface area is 191 Å². The van der Waals surface area contributed by atoms with Crippen molar-refractivity contribution in [2.24, 2.45) is 11.8 Å². The van der Waals surface area contributed by atoms with Crippen molar-refractivity contribution in [2.75, 3.05) is 19.8 Å². The van der Waals surface area contributed by atoms with Crippen LogP contribution in [0.5, 0.6) is 0 Å². The molecule has 3 aliphatic rings. The molecule has 2 heterocycles. The Kier molecular flexibility index (Phi) is 9.34. The summed E-state index contributed by atoms with van der Waals surface area (Å²) in [6, 6.07) is 0. The molecule has 9 atom stereocenters. The van der Waals surface area contributed by atoms with Gasteiger partial charge in [0.1, 0.15) is 12.7 Å². The number of hydrogen-bond acceptors (Lipinski definition) is 8. The molecular weight excluding hydrogens is 416 g/mol. The molecule has 3 fully saturated rings. The van der Waals surface area contributed by atoms with E-state index >= 15 is 0 Å². The van der Waals surface area contributed by atoms with Crippen LogP contribution in [-0.4, -0.2) is 74.5 Å². The van der Waals surface area contributed by atoms with Crippen LogP contribution in [0.2, 0.25) is 0 Å². The molecule has 32 heavy (non-hydrogen) atoms. The number of ether oxygens (including phenoxy) is 6. The number of rotatable bonds is 14. The summed E-state index contributed by atoms with van der Waals surface area (Å²) in [5, 5.41) is 0. The van der Waals surface area contributed by atoms with Gasteiger partial charge in [-0.25, -0.2) is 0 Å². The van der Waals surface area contributed by atoms with E-state index in [4.69, 9.17) is 28.4 Å². The Bertz CT molecular complexity index is 625. The molecule has 0 amide bonds. The van der Waals surface area contributed by atoms with Gasteiger partial charge in [-0.3, -0.25) is 9.59 Å². The molecule has 9 unspecified atom stereocenters. The molecule has 0 radical (unpaired) electrons. The molecule has 1 saturated carbocycles. The van der Waals surface area contributed by atoms with E-state index in [1.165, 1.54) is 0 Å². The van der Waals surface area contributed by atoms with Gasteiger partial charge in [-0.05, 0) is 59.8 Å². The molecule has 8 nitrogen and oxygen atoms in total. The maximum atomic E-state index is 12.4. The molecule has 2 saturated heterocycles. The Hall–Kier alpha value is -1.22. The molecule has 1 aliphatic carbocycles. The van der Waals surface area contributed by atoms with Crippen LogP contribution < -0.4 is 0 Å². The molecule has 184 valence electrons. The Morgan fingerprint density at radius 3 is 2.22 bits per heavy atom. The smallest absolute Gasteiger partial charge is 0.309 e. The van der Waals surface area contributed by atoms with Crippen LogP contribution in [0.4, 0.5) is 0 Å². The lowest BCUT2D eigenvalue weighted by Gasteiger charge is -2.22. The summed E-state index contributed by atoms with van der Waals surface area (Å²) in [4.78, 5) is 24.6. The lowest BCUT2D eigenvalue weighted by atomic mass is 9.89. The van der Waals surface area contributed by atoms with Gasteiger partial charge in [0.2, 0.25) is 0 Å². The number of carbonyl (C=O) groups is 2. The SMILES string of the molecule is CCC(CC1OC1C)C(=O)OC(C)COC(C)COC(C)COC(=O)C1CCC2OC2C1. The van der Waals surface area contributed by atoms with Crippen LogP contribution in [0, 0.1) is 11.8 Å². The van der Waals surface area contributed by atoms with Crippen LogP contribution in [0.1, 0.15) is 66.7 Å². The van der Waals surface area contributed by atoms with Gasteiger partial charge in [0.25, 0.3) is 0 Å². The van der Waals surface area contributed by atoms with E-state index in [-0.39, 0.29) is 67.0 Å². The monoisotopic (exact) mass is 456 g/mol. The summed E-state index contributed by atoms with van der Waals surface area (Å²) in [6.07, 6.45) is 4.37. The van der Waals surface area contributed by atoms with Gasteiger partial charge in [0, 0.05) is 0 Å². The van der Waals surface area contributed by atoms with Crippen LogP contribution in [0.25, 0.3) is 0 Å². The molecule has 0 aromatic heterocycles. The van der Waals surface area contributed by atoms with E-state index < -0.39 is 0 Å². The van der Waals surface area contributed by atoms with Crippen molar-refractivity contribution in [1.29, 1.82) is 0 Å². The fraction of sp³-hybridized carbons (Fsp3) is 0.917. The fourth-order valence-corrected chi connectivity index (χ4v) is 4.15. The zero-order valence-electron chi connectivity index (χ0n) is 20.1. The number of epoxide rings is 2. The molecule has 0 N–H and O–H groups in total. The van der Waals surface area contributed by atoms with Crippen LogP contribution in [0.15, 0.2) is 0 Å². The third-order valence-corrected chi connectivity index (χ3v) is 6.53. The lowest BCUT2D eigenvalue weighted by Crippen LogP contribution is -2.30. The average molecular weight is 457 g/mol. The van der Waals surface area contributed by atoms with Gasteiger partial charge in [-0.1, -0.05) is 6.92 Å². The highest BCUT2D eigenvalue weighted by molar-refractivity contribution is 5.73. The summed E-state index contributed by atoms with van der Waals surface area (Å²) in [7, 11) is 0. The lowest BCUT2D eigenvalue weighted by molar-refractivity contribution is -0.160. The normalized spacial score (nSPS) is 32.2. The maximum Gasteiger partial charge on any atom is 0.309 e. The maximum absolute atomic E-state index is 12.4. The zero-order chi connectivity index (χ0) is 23.3. The van der Waals surface area contributed by atoms with Crippen molar-refractivity contribution >= 4 is 11.9 Å². The molecule has 0 bridgehead atoms. The first-order valence-corrected chi connectivity index (χ1v) is 12.2. The highest BCUT2D eigenvalue weighted by Gasteiger charge is 2.46. The van der Waals surface area contributed by atoms with E-state index in [1.807, 2.05) is 34.6 Å². The highest BCUT2D eigenvalue weighted by atomic mass is 16.6. The summed E-state index contributed by atoms with van der Waals surface area (Å²) >= 11 is 0. The number of hydrogen-bond donors (Lipinski definition) is 0. The largest absolute Gasteiger partial charge is 0.463 e. The second kappa shape index (κ2) is 11.8. The minimum Gasteiger partial charge on any atom is -0.463 e.